The molecule has 3 rings (SSSR count). The summed E-state index contributed by atoms with van der Waals surface area (Å²) in [6.45, 7) is 3.47. The molecule has 0 bridgehead atoms. The van der Waals surface area contributed by atoms with Gasteiger partial charge in [0.25, 0.3) is 0 Å². The van der Waals surface area contributed by atoms with Crippen molar-refractivity contribution in [3.05, 3.63) is 34.9 Å². The lowest BCUT2D eigenvalue weighted by Gasteiger charge is -2.22. The highest BCUT2D eigenvalue weighted by atomic mass is 32.2. The highest BCUT2D eigenvalue weighted by Gasteiger charge is 2.41. The van der Waals surface area contributed by atoms with E-state index < -0.39 is 0 Å². The van der Waals surface area contributed by atoms with E-state index >= 15 is 0 Å². The van der Waals surface area contributed by atoms with Gasteiger partial charge in [-0.05, 0) is 68.4 Å². The second-order valence-corrected chi connectivity index (χ2v) is 7.50. The SMILES string of the molecule is CSC1(CNC(C)c2ccc3c(c2)CCCC3)CC1. The molecule has 1 atom stereocenters. The zero-order valence-corrected chi connectivity index (χ0v) is 13.0. The summed E-state index contributed by atoms with van der Waals surface area (Å²) >= 11 is 2.04. The van der Waals surface area contributed by atoms with Gasteiger partial charge in [-0.3, -0.25) is 0 Å². The van der Waals surface area contributed by atoms with Crippen LogP contribution in [0.3, 0.4) is 0 Å². The molecule has 2 heteroatoms. The van der Waals surface area contributed by atoms with Crippen LogP contribution in [-0.4, -0.2) is 17.5 Å². The molecule has 1 aromatic carbocycles. The summed E-state index contributed by atoms with van der Waals surface area (Å²) in [4.78, 5) is 0. The second-order valence-electron chi connectivity index (χ2n) is 6.22. The Hall–Kier alpha value is -0.470. The van der Waals surface area contributed by atoms with Gasteiger partial charge in [0.1, 0.15) is 0 Å². The van der Waals surface area contributed by atoms with E-state index in [1.807, 2.05) is 11.8 Å². The lowest BCUT2D eigenvalue weighted by atomic mass is 9.89. The molecule has 0 aliphatic heterocycles. The zero-order chi connectivity index (χ0) is 13.3. The standard InChI is InChI=1S/C17H25NS/c1-13(18-12-17(19-2)9-10-17)15-8-7-14-5-3-4-6-16(14)11-15/h7-8,11,13,18H,3-6,9-10,12H2,1-2H3. The summed E-state index contributed by atoms with van der Waals surface area (Å²) in [5, 5.41) is 3.74. The minimum atomic E-state index is 0.483. The molecular formula is C17H25NS. The van der Waals surface area contributed by atoms with Crippen LogP contribution in [0.5, 0.6) is 0 Å². The molecule has 1 unspecified atom stereocenters. The van der Waals surface area contributed by atoms with Crippen molar-refractivity contribution >= 4 is 11.8 Å². The van der Waals surface area contributed by atoms with Crippen molar-refractivity contribution in [1.82, 2.24) is 5.32 Å². The van der Waals surface area contributed by atoms with E-state index in [0.29, 0.717) is 10.8 Å². The molecule has 0 saturated heterocycles. The monoisotopic (exact) mass is 275 g/mol. The van der Waals surface area contributed by atoms with Gasteiger partial charge in [-0.2, -0.15) is 11.8 Å². The van der Waals surface area contributed by atoms with Gasteiger partial charge in [0.2, 0.25) is 0 Å². The maximum absolute atomic E-state index is 3.74. The summed E-state index contributed by atoms with van der Waals surface area (Å²) < 4.78 is 0.558. The van der Waals surface area contributed by atoms with Crippen LogP contribution in [-0.2, 0) is 12.8 Å². The molecule has 0 amide bonds. The second kappa shape index (κ2) is 5.49. The van der Waals surface area contributed by atoms with Crippen LogP contribution in [0, 0.1) is 0 Å². The Labute approximate surface area is 121 Å². The number of benzene rings is 1. The van der Waals surface area contributed by atoms with Gasteiger partial charge >= 0.3 is 0 Å². The summed E-state index contributed by atoms with van der Waals surface area (Å²) in [6, 6.07) is 7.63. The van der Waals surface area contributed by atoms with Crippen LogP contribution in [0.4, 0.5) is 0 Å². The quantitative estimate of drug-likeness (QED) is 0.868. The van der Waals surface area contributed by atoms with Crippen molar-refractivity contribution in [2.24, 2.45) is 0 Å². The molecule has 2 aliphatic carbocycles. The Morgan fingerprint density at radius 1 is 1.21 bits per heavy atom. The lowest BCUT2D eigenvalue weighted by Crippen LogP contribution is -2.28. The van der Waals surface area contributed by atoms with Gasteiger partial charge in [0.15, 0.2) is 0 Å². The number of rotatable bonds is 5. The Morgan fingerprint density at radius 2 is 1.95 bits per heavy atom. The van der Waals surface area contributed by atoms with Gasteiger partial charge in [-0.1, -0.05) is 18.2 Å². The van der Waals surface area contributed by atoms with Crippen molar-refractivity contribution in [3.63, 3.8) is 0 Å². The summed E-state index contributed by atoms with van der Waals surface area (Å²) in [7, 11) is 0. The normalized spacial score (nSPS) is 21.8. The van der Waals surface area contributed by atoms with E-state index in [2.05, 4.69) is 36.7 Å². The number of fused-ring (bicyclic) bond motifs is 1. The van der Waals surface area contributed by atoms with Crippen LogP contribution in [0.2, 0.25) is 0 Å². The molecule has 1 N–H and O–H groups in total. The summed E-state index contributed by atoms with van der Waals surface area (Å²) in [6.07, 6.45) is 10.3. The van der Waals surface area contributed by atoms with Gasteiger partial charge in [-0.25, -0.2) is 0 Å². The van der Waals surface area contributed by atoms with Crippen LogP contribution in [0.1, 0.15) is 55.3 Å². The molecule has 19 heavy (non-hydrogen) atoms. The molecule has 2 aliphatic rings. The number of nitrogens with one attached hydrogen (secondary N) is 1. The van der Waals surface area contributed by atoms with E-state index in [9.17, 15) is 0 Å². The van der Waals surface area contributed by atoms with Crippen LogP contribution >= 0.6 is 11.8 Å². The third-order valence-corrected chi connectivity index (χ3v) is 6.26. The summed E-state index contributed by atoms with van der Waals surface area (Å²) in [5.74, 6) is 0. The molecule has 0 aromatic heterocycles. The first-order chi connectivity index (χ1) is 9.22. The largest absolute Gasteiger partial charge is 0.309 e. The third kappa shape index (κ3) is 3.00. The zero-order valence-electron chi connectivity index (χ0n) is 12.2. The Balaban J connectivity index is 1.64. The van der Waals surface area contributed by atoms with Crippen molar-refractivity contribution < 1.29 is 0 Å². The average Bonchev–Trinajstić information content (AvgIpc) is 3.25. The van der Waals surface area contributed by atoms with E-state index in [-0.39, 0.29) is 0 Å². The van der Waals surface area contributed by atoms with Crippen LogP contribution < -0.4 is 5.32 Å². The topological polar surface area (TPSA) is 12.0 Å². The first-order valence-electron chi connectivity index (χ1n) is 7.63. The molecule has 1 nitrogen and oxygen atoms in total. The number of aryl methyl sites for hydroxylation is 2. The first-order valence-corrected chi connectivity index (χ1v) is 8.85. The fourth-order valence-corrected chi connectivity index (χ4v) is 3.81. The third-order valence-electron chi connectivity index (χ3n) is 4.84. The molecular weight excluding hydrogens is 250 g/mol. The Bertz CT molecular complexity index is 451. The van der Waals surface area contributed by atoms with Crippen molar-refractivity contribution in [3.8, 4) is 0 Å². The fraction of sp³-hybridized carbons (Fsp3) is 0.647. The Kier molecular flexibility index (Phi) is 3.91. The molecule has 104 valence electrons. The highest BCUT2D eigenvalue weighted by Crippen LogP contribution is 2.46. The summed E-state index contributed by atoms with van der Waals surface area (Å²) in [5.41, 5.74) is 4.66. The van der Waals surface area contributed by atoms with E-state index in [0.717, 1.165) is 6.54 Å². The number of hydrogen-bond acceptors (Lipinski definition) is 2. The predicted octanol–water partition coefficient (Wildman–Crippen LogP) is 4.11. The van der Waals surface area contributed by atoms with Crippen molar-refractivity contribution in [2.45, 2.75) is 56.2 Å². The molecule has 1 fully saturated rings. The fourth-order valence-electron chi connectivity index (χ4n) is 3.07. The van der Waals surface area contributed by atoms with Crippen LogP contribution in [0.15, 0.2) is 18.2 Å². The molecule has 0 radical (unpaired) electrons. The van der Waals surface area contributed by atoms with Crippen LogP contribution in [0.25, 0.3) is 0 Å². The van der Waals surface area contributed by atoms with Gasteiger partial charge in [-0.15, -0.1) is 0 Å². The first kappa shape index (κ1) is 13.5. The number of hydrogen-bond donors (Lipinski definition) is 1. The number of thioether (sulfide) groups is 1. The van der Waals surface area contributed by atoms with Crippen molar-refractivity contribution in [2.75, 3.05) is 12.8 Å². The minimum absolute atomic E-state index is 0.483. The average molecular weight is 275 g/mol. The Morgan fingerprint density at radius 3 is 2.63 bits per heavy atom. The van der Waals surface area contributed by atoms with E-state index in [1.165, 1.54) is 44.1 Å². The smallest absolute Gasteiger partial charge is 0.0292 e. The van der Waals surface area contributed by atoms with E-state index in [4.69, 9.17) is 0 Å². The minimum Gasteiger partial charge on any atom is -0.309 e. The van der Waals surface area contributed by atoms with Gasteiger partial charge in [0.05, 0.1) is 0 Å². The van der Waals surface area contributed by atoms with Crippen molar-refractivity contribution in [1.29, 1.82) is 0 Å². The van der Waals surface area contributed by atoms with Gasteiger partial charge < -0.3 is 5.32 Å². The van der Waals surface area contributed by atoms with E-state index in [1.54, 1.807) is 11.1 Å². The molecule has 1 aromatic rings. The maximum Gasteiger partial charge on any atom is 0.0292 e. The van der Waals surface area contributed by atoms with Gasteiger partial charge in [0, 0.05) is 17.3 Å². The molecule has 0 heterocycles. The molecule has 1 saturated carbocycles. The predicted molar refractivity (Wildman–Crippen MR) is 85.0 cm³/mol. The lowest BCUT2D eigenvalue weighted by molar-refractivity contribution is 0.561. The maximum atomic E-state index is 3.74. The molecule has 0 spiro atoms. The highest BCUT2D eigenvalue weighted by molar-refractivity contribution is 8.00.